The molecule has 0 atom stereocenters. The normalized spacial score (nSPS) is 10.9. The summed E-state index contributed by atoms with van der Waals surface area (Å²) in [6, 6.07) is 14.9. The van der Waals surface area contributed by atoms with Crippen molar-refractivity contribution in [1.82, 2.24) is 0 Å². The van der Waals surface area contributed by atoms with Crippen molar-refractivity contribution in [1.29, 1.82) is 0 Å². The van der Waals surface area contributed by atoms with E-state index in [-0.39, 0.29) is 0 Å². The Hall–Kier alpha value is -2.39. The zero-order chi connectivity index (χ0) is 18.8. The molecule has 0 saturated heterocycles. The van der Waals surface area contributed by atoms with Crippen molar-refractivity contribution in [2.24, 2.45) is 0 Å². The van der Waals surface area contributed by atoms with Crippen molar-refractivity contribution < 1.29 is 9.90 Å². The molecule has 1 N–H and O–H groups in total. The average Bonchev–Trinajstić information content (AvgIpc) is 3.10. The van der Waals surface area contributed by atoms with Crippen molar-refractivity contribution in [2.75, 3.05) is 0 Å². The van der Waals surface area contributed by atoms with Crippen LogP contribution in [0.2, 0.25) is 0 Å². The molecule has 0 fully saturated rings. The number of hydrogen-bond donors (Lipinski definition) is 1. The van der Waals surface area contributed by atoms with E-state index in [1.807, 2.05) is 6.07 Å². The zero-order valence-electron chi connectivity index (χ0n) is 15.7. The first-order chi connectivity index (χ1) is 12.4. The summed E-state index contributed by atoms with van der Waals surface area (Å²) in [5.74, 6) is -0.861. The smallest absolute Gasteiger partial charge is 0.345 e. The minimum atomic E-state index is -0.861. The average molecular weight is 365 g/mol. The maximum Gasteiger partial charge on any atom is 0.345 e. The molecule has 0 aliphatic rings. The van der Waals surface area contributed by atoms with E-state index in [0.717, 1.165) is 17.7 Å². The molecule has 1 aromatic heterocycles. The summed E-state index contributed by atoms with van der Waals surface area (Å²) in [6.07, 6.45) is 1.94. The molecule has 3 heteroatoms. The van der Waals surface area contributed by atoms with Crippen molar-refractivity contribution in [3.05, 3.63) is 69.6 Å². The number of aryl methyl sites for hydroxylation is 4. The van der Waals surface area contributed by atoms with Crippen LogP contribution in [-0.2, 0) is 12.8 Å². The summed E-state index contributed by atoms with van der Waals surface area (Å²) in [4.78, 5) is 12.6. The zero-order valence-corrected chi connectivity index (χ0v) is 16.5. The molecule has 26 heavy (non-hydrogen) atoms. The Kier molecular flexibility index (Phi) is 5.28. The van der Waals surface area contributed by atoms with Gasteiger partial charge < -0.3 is 5.11 Å². The van der Waals surface area contributed by atoms with Crippen LogP contribution >= 0.6 is 11.3 Å². The second kappa shape index (κ2) is 7.46. The van der Waals surface area contributed by atoms with Crippen LogP contribution in [-0.4, -0.2) is 11.1 Å². The molecule has 0 amide bonds. The molecule has 3 rings (SSSR count). The van der Waals surface area contributed by atoms with Gasteiger partial charge in [0.15, 0.2) is 0 Å². The van der Waals surface area contributed by atoms with Crippen LogP contribution in [0.4, 0.5) is 0 Å². The maximum absolute atomic E-state index is 11.2. The molecule has 0 radical (unpaired) electrons. The Labute approximate surface area is 159 Å². The lowest BCUT2D eigenvalue weighted by atomic mass is 9.91. The summed E-state index contributed by atoms with van der Waals surface area (Å²) in [7, 11) is 0. The summed E-state index contributed by atoms with van der Waals surface area (Å²) in [5, 5.41) is 9.22. The lowest BCUT2D eigenvalue weighted by molar-refractivity contribution is 0.0702. The highest BCUT2D eigenvalue weighted by Gasteiger charge is 2.15. The van der Waals surface area contributed by atoms with Gasteiger partial charge in [-0.05, 0) is 72.2 Å². The van der Waals surface area contributed by atoms with E-state index in [1.54, 1.807) is 6.07 Å². The topological polar surface area (TPSA) is 37.3 Å². The fraction of sp³-hybridized carbons (Fsp3) is 0.261. The first kappa shape index (κ1) is 18.4. The Balaban J connectivity index is 2.13. The largest absolute Gasteiger partial charge is 0.477 e. The highest BCUT2D eigenvalue weighted by atomic mass is 32.1. The standard InChI is InChI=1S/C23H24O2S/c1-5-16-9-14(3)10-18(12-16)19-11-15(4)22(17(6-2)13-19)20-7-8-21(26-20)23(24)25/h7-13H,5-6H2,1-4H3,(H,24,25). The van der Waals surface area contributed by atoms with E-state index in [9.17, 15) is 9.90 Å². The fourth-order valence-corrected chi connectivity index (χ4v) is 4.47. The third-order valence-electron chi connectivity index (χ3n) is 4.74. The molecule has 0 unspecified atom stereocenters. The van der Waals surface area contributed by atoms with Crippen molar-refractivity contribution >= 4 is 17.3 Å². The van der Waals surface area contributed by atoms with Gasteiger partial charge in [-0.3, -0.25) is 0 Å². The molecule has 0 bridgehead atoms. The lowest BCUT2D eigenvalue weighted by Crippen LogP contribution is -1.94. The number of carbonyl (C=O) groups is 1. The van der Waals surface area contributed by atoms with Gasteiger partial charge in [-0.25, -0.2) is 4.79 Å². The van der Waals surface area contributed by atoms with Crippen LogP contribution in [0.15, 0.2) is 42.5 Å². The van der Waals surface area contributed by atoms with Gasteiger partial charge in [0.2, 0.25) is 0 Å². The molecule has 1 heterocycles. The van der Waals surface area contributed by atoms with E-state index >= 15 is 0 Å². The minimum absolute atomic E-state index is 0.386. The Morgan fingerprint density at radius 2 is 1.69 bits per heavy atom. The summed E-state index contributed by atoms with van der Waals surface area (Å²) in [6.45, 7) is 8.60. The van der Waals surface area contributed by atoms with Crippen LogP contribution < -0.4 is 0 Å². The predicted octanol–water partition coefficient (Wildman–Crippen LogP) is 6.52. The van der Waals surface area contributed by atoms with Crippen LogP contribution in [0.25, 0.3) is 21.6 Å². The van der Waals surface area contributed by atoms with Crippen LogP contribution in [0.1, 0.15) is 45.8 Å². The van der Waals surface area contributed by atoms with Gasteiger partial charge in [-0.2, -0.15) is 0 Å². The van der Waals surface area contributed by atoms with E-state index in [2.05, 4.69) is 58.0 Å². The third-order valence-corrected chi connectivity index (χ3v) is 5.83. The number of thiophene rings is 1. The quantitative estimate of drug-likeness (QED) is 0.559. The molecule has 0 spiro atoms. The third kappa shape index (κ3) is 3.58. The van der Waals surface area contributed by atoms with Crippen molar-refractivity contribution in [2.45, 2.75) is 40.5 Å². The maximum atomic E-state index is 11.2. The number of benzene rings is 2. The Bertz CT molecular complexity index is 966. The van der Waals surface area contributed by atoms with Gasteiger partial charge in [-0.1, -0.05) is 49.7 Å². The Morgan fingerprint density at radius 1 is 0.962 bits per heavy atom. The molecule has 0 aliphatic heterocycles. The molecule has 0 aliphatic carbocycles. The van der Waals surface area contributed by atoms with Crippen LogP contribution in [0.3, 0.4) is 0 Å². The summed E-state index contributed by atoms with van der Waals surface area (Å²) in [5.41, 5.74) is 8.75. The van der Waals surface area contributed by atoms with E-state index in [1.165, 1.54) is 50.3 Å². The molecule has 0 saturated carbocycles. The van der Waals surface area contributed by atoms with Gasteiger partial charge in [-0.15, -0.1) is 11.3 Å². The van der Waals surface area contributed by atoms with Gasteiger partial charge in [0, 0.05) is 4.88 Å². The summed E-state index contributed by atoms with van der Waals surface area (Å²) < 4.78 is 0. The molecular formula is C23H24O2S. The molecule has 3 aromatic rings. The molecule has 2 aromatic carbocycles. The monoisotopic (exact) mass is 364 g/mol. The molecule has 134 valence electrons. The number of aromatic carboxylic acids is 1. The van der Waals surface area contributed by atoms with Crippen molar-refractivity contribution in [3.8, 4) is 21.6 Å². The van der Waals surface area contributed by atoms with Crippen LogP contribution in [0, 0.1) is 13.8 Å². The SMILES string of the molecule is CCc1cc(C)cc(-c2cc(C)c(-c3ccc(C(=O)O)s3)c(CC)c2)c1. The van der Waals surface area contributed by atoms with E-state index < -0.39 is 5.97 Å². The predicted molar refractivity (Wildman–Crippen MR) is 110 cm³/mol. The number of carboxylic acid groups (broad SMARTS) is 1. The highest BCUT2D eigenvalue weighted by Crippen LogP contribution is 2.37. The Morgan fingerprint density at radius 3 is 2.31 bits per heavy atom. The first-order valence-corrected chi connectivity index (χ1v) is 9.82. The lowest BCUT2D eigenvalue weighted by Gasteiger charge is -2.15. The highest BCUT2D eigenvalue weighted by molar-refractivity contribution is 7.17. The van der Waals surface area contributed by atoms with Crippen LogP contribution in [0.5, 0.6) is 0 Å². The van der Waals surface area contributed by atoms with Gasteiger partial charge in [0.05, 0.1) is 0 Å². The van der Waals surface area contributed by atoms with Gasteiger partial charge in [0.25, 0.3) is 0 Å². The first-order valence-electron chi connectivity index (χ1n) is 9.00. The molecule has 2 nitrogen and oxygen atoms in total. The summed E-state index contributed by atoms with van der Waals surface area (Å²) >= 11 is 1.35. The van der Waals surface area contributed by atoms with Gasteiger partial charge in [0.1, 0.15) is 4.88 Å². The minimum Gasteiger partial charge on any atom is -0.477 e. The second-order valence-corrected chi connectivity index (χ2v) is 7.79. The van der Waals surface area contributed by atoms with E-state index in [4.69, 9.17) is 0 Å². The fourth-order valence-electron chi connectivity index (χ4n) is 3.48. The number of hydrogen-bond acceptors (Lipinski definition) is 2. The van der Waals surface area contributed by atoms with Gasteiger partial charge >= 0.3 is 5.97 Å². The number of rotatable bonds is 5. The number of carboxylic acids is 1. The van der Waals surface area contributed by atoms with E-state index in [0.29, 0.717) is 4.88 Å². The second-order valence-electron chi connectivity index (χ2n) is 6.71. The van der Waals surface area contributed by atoms with Crippen molar-refractivity contribution in [3.63, 3.8) is 0 Å². The molecular weight excluding hydrogens is 340 g/mol.